The first-order valence-electron chi connectivity index (χ1n) is 7.25. The summed E-state index contributed by atoms with van der Waals surface area (Å²) in [4.78, 5) is 4.77. The number of nitrogens with zero attached hydrogens (tertiary/aromatic N) is 3. The van der Waals surface area contributed by atoms with Gasteiger partial charge < -0.3 is 15.8 Å². The molecule has 0 saturated carbocycles. The lowest BCUT2D eigenvalue weighted by Gasteiger charge is -2.39. The second-order valence-electron chi connectivity index (χ2n) is 5.77. The van der Waals surface area contributed by atoms with Crippen LogP contribution in [0, 0.1) is 0 Å². The van der Waals surface area contributed by atoms with Crippen molar-refractivity contribution in [2.45, 2.75) is 12.3 Å². The smallest absolute Gasteiger partial charge is 0.153 e. The molecule has 3 N–H and O–H groups in total. The summed E-state index contributed by atoms with van der Waals surface area (Å²) in [6.07, 6.45) is 1.22. The molecular weight excluding hydrogens is 252 g/mol. The number of hydrogen-bond donors (Lipinski definition) is 2. The fourth-order valence-corrected chi connectivity index (χ4v) is 3.23. The molecule has 1 aliphatic heterocycles. The lowest BCUT2D eigenvalue weighted by atomic mass is 9.77. The SMILES string of the molecule is NC(CN1CCN(CC2Cc3ccccc32)CC1)=NO. The van der Waals surface area contributed by atoms with Crippen LogP contribution in [0.5, 0.6) is 0 Å². The summed E-state index contributed by atoms with van der Waals surface area (Å²) in [6, 6.07) is 8.76. The maximum atomic E-state index is 8.59. The Bertz CT molecular complexity index is 494. The molecular formula is C15H22N4O. The number of hydrogen-bond acceptors (Lipinski definition) is 4. The van der Waals surface area contributed by atoms with E-state index < -0.39 is 0 Å². The molecule has 0 bridgehead atoms. The molecule has 0 spiro atoms. The number of amidine groups is 1. The molecule has 1 atom stereocenters. The predicted octanol–water partition coefficient (Wildman–Crippen LogP) is 0.690. The van der Waals surface area contributed by atoms with Crippen molar-refractivity contribution >= 4 is 5.84 Å². The summed E-state index contributed by atoms with van der Waals surface area (Å²) < 4.78 is 0. The van der Waals surface area contributed by atoms with Crippen molar-refractivity contribution in [3.8, 4) is 0 Å². The van der Waals surface area contributed by atoms with E-state index in [9.17, 15) is 0 Å². The minimum atomic E-state index is 0.298. The van der Waals surface area contributed by atoms with Gasteiger partial charge in [0.05, 0.1) is 6.54 Å². The Kier molecular flexibility index (Phi) is 3.89. The maximum absolute atomic E-state index is 8.59. The van der Waals surface area contributed by atoms with Gasteiger partial charge in [-0.2, -0.15) is 0 Å². The fraction of sp³-hybridized carbons (Fsp3) is 0.533. The summed E-state index contributed by atoms with van der Waals surface area (Å²) in [5, 5.41) is 11.6. The molecule has 0 radical (unpaired) electrons. The van der Waals surface area contributed by atoms with Crippen LogP contribution in [0.1, 0.15) is 17.0 Å². The van der Waals surface area contributed by atoms with Gasteiger partial charge in [0.2, 0.25) is 0 Å². The first-order valence-corrected chi connectivity index (χ1v) is 7.25. The molecule has 1 fully saturated rings. The number of fused-ring (bicyclic) bond motifs is 1. The van der Waals surface area contributed by atoms with Crippen molar-refractivity contribution < 1.29 is 5.21 Å². The molecule has 5 heteroatoms. The number of nitrogens with two attached hydrogens (primary N) is 1. The minimum Gasteiger partial charge on any atom is -0.409 e. The molecule has 5 nitrogen and oxygen atoms in total. The van der Waals surface area contributed by atoms with Crippen LogP contribution in [-0.2, 0) is 6.42 Å². The van der Waals surface area contributed by atoms with Crippen LogP contribution in [0.15, 0.2) is 29.4 Å². The van der Waals surface area contributed by atoms with Gasteiger partial charge in [-0.1, -0.05) is 29.4 Å². The van der Waals surface area contributed by atoms with Gasteiger partial charge in [-0.05, 0) is 17.5 Å². The Balaban J connectivity index is 1.46. The summed E-state index contributed by atoms with van der Waals surface area (Å²) in [6.45, 7) is 5.84. The van der Waals surface area contributed by atoms with Crippen molar-refractivity contribution in [3.05, 3.63) is 35.4 Å². The molecule has 1 heterocycles. The molecule has 1 saturated heterocycles. The molecule has 0 aromatic heterocycles. The van der Waals surface area contributed by atoms with Crippen LogP contribution in [0.2, 0.25) is 0 Å². The Labute approximate surface area is 119 Å². The van der Waals surface area contributed by atoms with E-state index in [4.69, 9.17) is 10.9 Å². The zero-order chi connectivity index (χ0) is 13.9. The Morgan fingerprint density at radius 3 is 2.60 bits per heavy atom. The highest BCUT2D eigenvalue weighted by Crippen LogP contribution is 2.35. The molecule has 1 unspecified atom stereocenters. The monoisotopic (exact) mass is 274 g/mol. The van der Waals surface area contributed by atoms with Crippen LogP contribution in [-0.4, -0.2) is 60.1 Å². The van der Waals surface area contributed by atoms with Gasteiger partial charge in [0.1, 0.15) is 0 Å². The third kappa shape index (κ3) is 2.78. The van der Waals surface area contributed by atoms with E-state index in [0.29, 0.717) is 18.3 Å². The fourth-order valence-electron chi connectivity index (χ4n) is 3.23. The molecule has 108 valence electrons. The summed E-state index contributed by atoms with van der Waals surface area (Å²) in [5.74, 6) is 1.01. The van der Waals surface area contributed by atoms with Crippen molar-refractivity contribution in [2.24, 2.45) is 10.9 Å². The van der Waals surface area contributed by atoms with E-state index in [2.05, 4.69) is 39.2 Å². The van der Waals surface area contributed by atoms with Crippen molar-refractivity contribution in [3.63, 3.8) is 0 Å². The zero-order valence-corrected chi connectivity index (χ0v) is 11.7. The van der Waals surface area contributed by atoms with E-state index in [1.54, 1.807) is 0 Å². The van der Waals surface area contributed by atoms with Gasteiger partial charge in [0, 0.05) is 38.6 Å². The highest BCUT2D eigenvalue weighted by Gasteiger charge is 2.28. The summed E-state index contributed by atoms with van der Waals surface area (Å²) in [7, 11) is 0. The Hall–Kier alpha value is -1.59. The van der Waals surface area contributed by atoms with Crippen LogP contribution < -0.4 is 5.73 Å². The van der Waals surface area contributed by atoms with Gasteiger partial charge in [-0.15, -0.1) is 0 Å². The topological polar surface area (TPSA) is 65.1 Å². The maximum Gasteiger partial charge on any atom is 0.153 e. The van der Waals surface area contributed by atoms with E-state index in [0.717, 1.165) is 32.7 Å². The molecule has 3 rings (SSSR count). The summed E-state index contributed by atoms with van der Waals surface area (Å²) >= 11 is 0. The zero-order valence-electron chi connectivity index (χ0n) is 11.7. The molecule has 1 aliphatic carbocycles. The molecule has 20 heavy (non-hydrogen) atoms. The Morgan fingerprint density at radius 1 is 1.20 bits per heavy atom. The second kappa shape index (κ2) is 5.81. The normalized spacial score (nSPS) is 24.2. The van der Waals surface area contributed by atoms with E-state index in [1.807, 2.05) is 0 Å². The average molecular weight is 274 g/mol. The van der Waals surface area contributed by atoms with Crippen LogP contribution in [0.4, 0.5) is 0 Å². The number of oxime groups is 1. The molecule has 1 aromatic carbocycles. The highest BCUT2D eigenvalue weighted by molar-refractivity contribution is 5.81. The van der Waals surface area contributed by atoms with Crippen molar-refractivity contribution in [1.82, 2.24) is 9.80 Å². The van der Waals surface area contributed by atoms with Gasteiger partial charge in [-0.25, -0.2) is 0 Å². The third-order valence-electron chi connectivity index (χ3n) is 4.42. The van der Waals surface area contributed by atoms with Crippen LogP contribution >= 0.6 is 0 Å². The summed E-state index contributed by atoms with van der Waals surface area (Å²) in [5.41, 5.74) is 8.60. The molecule has 1 aromatic rings. The standard InChI is InChI=1S/C15H22N4O/c16-15(17-20)11-19-7-5-18(6-8-19)10-13-9-12-3-1-2-4-14(12)13/h1-4,13,20H,5-11H2,(H2,16,17). The predicted molar refractivity (Wildman–Crippen MR) is 79.2 cm³/mol. The average Bonchev–Trinajstić information content (AvgIpc) is 2.46. The Morgan fingerprint density at radius 2 is 1.90 bits per heavy atom. The van der Waals surface area contributed by atoms with Crippen LogP contribution in [0.3, 0.4) is 0 Å². The second-order valence-corrected chi connectivity index (χ2v) is 5.77. The highest BCUT2D eigenvalue weighted by atomic mass is 16.4. The van der Waals surface area contributed by atoms with E-state index in [1.165, 1.54) is 17.5 Å². The largest absolute Gasteiger partial charge is 0.409 e. The number of rotatable bonds is 4. The van der Waals surface area contributed by atoms with E-state index >= 15 is 0 Å². The van der Waals surface area contributed by atoms with Gasteiger partial charge >= 0.3 is 0 Å². The van der Waals surface area contributed by atoms with Crippen molar-refractivity contribution in [2.75, 3.05) is 39.3 Å². The molecule has 2 aliphatic rings. The van der Waals surface area contributed by atoms with Gasteiger partial charge in [0.25, 0.3) is 0 Å². The quantitative estimate of drug-likeness (QED) is 0.367. The lowest BCUT2D eigenvalue weighted by molar-refractivity contribution is 0.135. The first kappa shape index (κ1) is 13.4. The van der Waals surface area contributed by atoms with E-state index in [-0.39, 0.29) is 0 Å². The van der Waals surface area contributed by atoms with Crippen molar-refractivity contribution in [1.29, 1.82) is 0 Å². The number of benzene rings is 1. The van der Waals surface area contributed by atoms with Crippen LogP contribution in [0.25, 0.3) is 0 Å². The lowest BCUT2D eigenvalue weighted by Crippen LogP contribution is -2.50. The van der Waals surface area contributed by atoms with Gasteiger partial charge in [-0.3, -0.25) is 4.90 Å². The minimum absolute atomic E-state index is 0.298. The first-order chi connectivity index (χ1) is 9.76. The number of piperazine rings is 1. The van der Waals surface area contributed by atoms with Gasteiger partial charge in [0.15, 0.2) is 5.84 Å². The third-order valence-corrected chi connectivity index (χ3v) is 4.42. The molecule has 0 amide bonds.